The van der Waals surface area contributed by atoms with Crippen molar-refractivity contribution in [2.24, 2.45) is 0 Å². The first-order valence-corrected chi connectivity index (χ1v) is 8.39. The van der Waals surface area contributed by atoms with Crippen LogP contribution in [0, 0.1) is 0 Å². The lowest BCUT2D eigenvalue weighted by Crippen LogP contribution is -2.21. The largest absolute Gasteiger partial charge is 0.491 e. The molecule has 1 aromatic rings. The van der Waals surface area contributed by atoms with E-state index in [2.05, 4.69) is 28.2 Å². The lowest BCUT2D eigenvalue weighted by Gasteiger charge is -2.08. The zero-order valence-electron chi connectivity index (χ0n) is 13.7. The predicted octanol–water partition coefficient (Wildman–Crippen LogP) is 2.39. The second-order valence-corrected chi connectivity index (χ2v) is 5.55. The Labute approximate surface area is 150 Å². The molecule has 0 aliphatic heterocycles. The molecule has 1 aromatic carbocycles. The van der Waals surface area contributed by atoms with Crippen LogP contribution >= 0.6 is 15.9 Å². The zero-order valence-corrected chi connectivity index (χ0v) is 15.3. The van der Waals surface area contributed by atoms with E-state index in [1.165, 1.54) is 12.8 Å². The molecule has 0 aromatic heterocycles. The van der Waals surface area contributed by atoms with E-state index in [0.717, 1.165) is 29.9 Å². The van der Waals surface area contributed by atoms with Gasteiger partial charge in [-0.25, -0.2) is 9.59 Å². The molecule has 0 amide bonds. The summed E-state index contributed by atoms with van der Waals surface area (Å²) in [5.41, 5.74) is 0. The Morgan fingerprint density at radius 1 is 1.12 bits per heavy atom. The molecule has 0 spiro atoms. The maximum atomic E-state index is 9.10. The number of carboxylic acid groups (broad SMARTS) is 2. The minimum absolute atomic E-state index is 0.589. The third-order valence-corrected chi connectivity index (χ3v) is 3.10. The van der Waals surface area contributed by atoms with Gasteiger partial charge < -0.3 is 25.0 Å². The summed E-state index contributed by atoms with van der Waals surface area (Å²) < 4.78 is 12.1. The van der Waals surface area contributed by atoms with E-state index in [1.807, 2.05) is 24.3 Å². The first-order chi connectivity index (χ1) is 11.5. The van der Waals surface area contributed by atoms with Crippen molar-refractivity contribution < 1.29 is 29.3 Å². The van der Waals surface area contributed by atoms with Gasteiger partial charge in [0.2, 0.25) is 0 Å². The van der Waals surface area contributed by atoms with Crippen LogP contribution in [0.1, 0.15) is 19.8 Å². The lowest BCUT2D eigenvalue weighted by molar-refractivity contribution is -0.159. The van der Waals surface area contributed by atoms with E-state index in [0.29, 0.717) is 13.2 Å². The highest BCUT2D eigenvalue weighted by Crippen LogP contribution is 2.17. The number of benzene rings is 1. The summed E-state index contributed by atoms with van der Waals surface area (Å²) in [7, 11) is 0. The maximum Gasteiger partial charge on any atom is 0.414 e. The molecule has 0 heterocycles. The number of carboxylic acids is 2. The fraction of sp³-hybridized carbons (Fsp3) is 0.500. The van der Waals surface area contributed by atoms with Crippen LogP contribution in [0.5, 0.6) is 5.75 Å². The monoisotopic (exact) mass is 405 g/mol. The number of nitrogens with one attached hydrogen (secondary N) is 1. The molecule has 0 saturated heterocycles. The van der Waals surface area contributed by atoms with Gasteiger partial charge in [0.25, 0.3) is 0 Å². The van der Waals surface area contributed by atoms with Crippen LogP contribution in [0.15, 0.2) is 28.7 Å². The SMILES string of the molecule is CCCCNCCOCCOc1cccc(Br)c1.O=C(O)C(=O)O. The number of halogens is 1. The molecule has 0 bridgehead atoms. The summed E-state index contributed by atoms with van der Waals surface area (Å²) in [6.07, 6.45) is 2.46. The van der Waals surface area contributed by atoms with Crippen LogP contribution in [0.2, 0.25) is 0 Å². The average Bonchev–Trinajstić information content (AvgIpc) is 2.54. The van der Waals surface area contributed by atoms with Crippen molar-refractivity contribution in [3.8, 4) is 5.75 Å². The molecule has 0 saturated carbocycles. The van der Waals surface area contributed by atoms with Gasteiger partial charge in [-0.3, -0.25) is 0 Å². The summed E-state index contributed by atoms with van der Waals surface area (Å²) in [4.78, 5) is 18.2. The quantitative estimate of drug-likeness (QED) is 0.405. The van der Waals surface area contributed by atoms with Gasteiger partial charge in [-0.2, -0.15) is 0 Å². The summed E-state index contributed by atoms with van der Waals surface area (Å²) in [6, 6.07) is 7.83. The van der Waals surface area contributed by atoms with Crippen LogP contribution in [0.3, 0.4) is 0 Å². The highest BCUT2D eigenvalue weighted by molar-refractivity contribution is 9.10. The van der Waals surface area contributed by atoms with Crippen molar-refractivity contribution in [3.63, 3.8) is 0 Å². The van der Waals surface area contributed by atoms with E-state index in [4.69, 9.17) is 29.3 Å². The Bertz CT molecular complexity index is 471. The van der Waals surface area contributed by atoms with Crippen LogP contribution in [-0.2, 0) is 14.3 Å². The third kappa shape index (κ3) is 14.0. The van der Waals surface area contributed by atoms with Crippen LogP contribution in [0.25, 0.3) is 0 Å². The van der Waals surface area contributed by atoms with Crippen molar-refractivity contribution >= 4 is 27.9 Å². The molecule has 0 atom stereocenters. The smallest absolute Gasteiger partial charge is 0.414 e. The van der Waals surface area contributed by atoms with Crippen molar-refractivity contribution in [2.45, 2.75) is 19.8 Å². The van der Waals surface area contributed by atoms with Crippen molar-refractivity contribution in [2.75, 3.05) is 32.9 Å². The molecule has 136 valence electrons. The first kappa shape index (κ1) is 22.4. The number of carbonyl (C=O) groups is 2. The molecule has 0 aliphatic rings. The van der Waals surface area contributed by atoms with E-state index >= 15 is 0 Å². The van der Waals surface area contributed by atoms with E-state index in [1.54, 1.807) is 0 Å². The van der Waals surface area contributed by atoms with Gasteiger partial charge in [-0.15, -0.1) is 0 Å². The second kappa shape index (κ2) is 14.9. The Hall–Kier alpha value is -1.64. The number of rotatable bonds is 10. The molecule has 0 unspecified atom stereocenters. The van der Waals surface area contributed by atoms with Crippen molar-refractivity contribution in [1.29, 1.82) is 0 Å². The predicted molar refractivity (Wildman–Crippen MR) is 93.5 cm³/mol. The van der Waals surface area contributed by atoms with Gasteiger partial charge in [-0.1, -0.05) is 35.3 Å². The summed E-state index contributed by atoms with van der Waals surface area (Å²) >= 11 is 3.41. The summed E-state index contributed by atoms with van der Waals surface area (Å²) in [5.74, 6) is -2.78. The average molecular weight is 406 g/mol. The topological polar surface area (TPSA) is 105 Å². The Kier molecular flexibility index (Phi) is 13.9. The highest BCUT2D eigenvalue weighted by Gasteiger charge is 2.04. The molecule has 24 heavy (non-hydrogen) atoms. The fourth-order valence-electron chi connectivity index (χ4n) is 1.45. The van der Waals surface area contributed by atoms with E-state index in [-0.39, 0.29) is 0 Å². The van der Waals surface area contributed by atoms with E-state index in [9.17, 15) is 0 Å². The number of hydrogen-bond donors (Lipinski definition) is 3. The van der Waals surface area contributed by atoms with Gasteiger partial charge >= 0.3 is 11.9 Å². The van der Waals surface area contributed by atoms with Gasteiger partial charge in [0, 0.05) is 11.0 Å². The Morgan fingerprint density at radius 3 is 2.42 bits per heavy atom. The normalized spacial score (nSPS) is 9.75. The van der Waals surface area contributed by atoms with Gasteiger partial charge in [0.1, 0.15) is 12.4 Å². The third-order valence-electron chi connectivity index (χ3n) is 2.61. The minimum Gasteiger partial charge on any atom is -0.491 e. The summed E-state index contributed by atoms with van der Waals surface area (Å²) in [6.45, 7) is 6.14. The molecule has 1 rings (SSSR count). The first-order valence-electron chi connectivity index (χ1n) is 7.60. The standard InChI is InChI=1S/C14H22BrNO2.C2H2O4/c1-2-3-7-16-8-9-17-10-11-18-14-6-4-5-13(15)12-14;3-1(4)2(5)6/h4-6,12,16H,2-3,7-11H2,1H3;(H,3,4)(H,5,6). The number of ether oxygens (including phenoxy) is 2. The van der Waals surface area contributed by atoms with Crippen LogP contribution < -0.4 is 10.1 Å². The molecular formula is C16H24BrNO6. The van der Waals surface area contributed by atoms with Crippen molar-refractivity contribution in [3.05, 3.63) is 28.7 Å². The Morgan fingerprint density at radius 2 is 1.83 bits per heavy atom. The van der Waals surface area contributed by atoms with Crippen molar-refractivity contribution in [1.82, 2.24) is 5.32 Å². The van der Waals surface area contributed by atoms with Gasteiger partial charge in [0.15, 0.2) is 0 Å². The Balaban J connectivity index is 0.000000754. The molecule has 7 nitrogen and oxygen atoms in total. The molecular weight excluding hydrogens is 382 g/mol. The fourth-order valence-corrected chi connectivity index (χ4v) is 1.83. The van der Waals surface area contributed by atoms with Crippen LogP contribution in [-0.4, -0.2) is 55.1 Å². The highest BCUT2D eigenvalue weighted by atomic mass is 79.9. The van der Waals surface area contributed by atoms with Gasteiger partial charge in [0.05, 0.1) is 13.2 Å². The number of hydrogen-bond acceptors (Lipinski definition) is 5. The molecule has 0 aliphatic carbocycles. The van der Waals surface area contributed by atoms with E-state index < -0.39 is 11.9 Å². The van der Waals surface area contributed by atoms with Gasteiger partial charge in [-0.05, 0) is 31.2 Å². The number of unbranched alkanes of at least 4 members (excludes halogenated alkanes) is 1. The molecule has 3 N–H and O–H groups in total. The van der Waals surface area contributed by atoms with Crippen LogP contribution in [0.4, 0.5) is 0 Å². The molecule has 0 radical (unpaired) electrons. The molecule has 0 fully saturated rings. The zero-order chi connectivity index (χ0) is 18.2. The second-order valence-electron chi connectivity index (χ2n) is 4.63. The number of aliphatic carboxylic acids is 2. The molecule has 8 heteroatoms. The minimum atomic E-state index is -1.82. The lowest BCUT2D eigenvalue weighted by atomic mass is 10.3. The summed E-state index contributed by atoms with van der Waals surface area (Å²) in [5, 5.41) is 18.1. The maximum absolute atomic E-state index is 9.10.